The normalized spacial score (nSPS) is 40.7. The highest BCUT2D eigenvalue weighted by atomic mass is 32.2. The standard InChI is InChI=1S/C12H18O4S2/c1-8(10(13)16-2)11-5-9(11)6-12(7-11,17(3)14)18(4)15/h9H,1,5-7H2,2-4H3. The molecule has 102 valence electrons. The number of ether oxygens (including phenoxy) is 1. The fourth-order valence-corrected chi connectivity index (χ4v) is 6.31. The second kappa shape index (κ2) is 4.27. The highest BCUT2D eigenvalue weighted by Gasteiger charge is 2.70. The zero-order valence-electron chi connectivity index (χ0n) is 10.9. The molecule has 4 atom stereocenters. The summed E-state index contributed by atoms with van der Waals surface area (Å²) in [7, 11) is -1.01. The van der Waals surface area contributed by atoms with Gasteiger partial charge in [-0.05, 0) is 25.2 Å². The van der Waals surface area contributed by atoms with Crippen molar-refractivity contribution in [1.82, 2.24) is 0 Å². The molecule has 2 aliphatic carbocycles. The summed E-state index contributed by atoms with van der Waals surface area (Å²) in [5, 5.41) is 0. The first-order valence-electron chi connectivity index (χ1n) is 5.75. The van der Waals surface area contributed by atoms with Crippen LogP contribution in [0.1, 0.15) is 19.3 Å². The van der Waals surface area contributed by atoms with Gasteiger partial charge in [0, 0.05) is 45.1 Å². The summed E-state index contributed by atoms with van der Waals surface area (Å²) in [6, 6.07) is 0. The Balaban J connectivity index is 2.28. The van der Waals surface area contributed by atoms with Crippen molar-refractivity contribution in [2.24, 2.45) is 11.3 Å². The lowest BCUT2D eigenvalue weighted by atomic mass is 9.94. The fraction of sp³-hybridized carbons (Fsp3) is 0.750. The molecule has 4 unspecified atom stereocenters. The third kappa shape index (κ3) is 1.72. The van der Waals surface area contributed by atoms with Crippen molar-refractivity contribution in [1.29, 1.82) is 0 Å². The molecule has 2 rings (SSSR count). The smallest absolute Gasteiger partial charge is 0.333 e. The van der Waals surface area contributed by atoms with Crippen molar-refractivity contribution < 1.29 is 17.9 Å². The van der Waals surface area contributed by atoms with Crippen LogP contribution in [0.2, 0.25) is 0 Å². The van der Waals surface area contributed by atoms with E-state index < -0.39 is 31.6 Å². The van der Waals surface area contributed by atoms with Crippen LogP contribution in [-0.2, 0) is 31.1 Å². The number of rotatable bonds is 4. The Hall–Kier alpha value is -0.490. The minimum absolute atomic E-state index is 0.275. The predicted molar refractivity (Wildman–Crippen MR) is 71.8 cm³/mol. The average molecular weight is 290 g/mol. The summed E-state index contributed by atoms with van der Waals surface area (Å²) >= 11 is 0. The molecular formula is C12H18O4S2. The van der Waals surface area contributed by atoms with Crippen LogP contribution < -0.4 is 0 Å². The Morgan fingerprint density at radius 1 is 1.28 bits per heavy atom. The zero-order chi connectivity index (χ0) is 13.7. The van der Waals surface area contributed by atoms with E-state index >= 15 is 0 Å². The molecule has 18 heavy (non-hydrogen) atoms. The predicted octanol–water partition coefficient (Wildman–Crippen LogP) is 0.969. The molecule has 2 aliphatic rings. The fourth-order valence-electron chi connectivity index (χ4n) is 3.20. The van der Waals surface area contributed by atoms with Crippen LogP contribution in [0.4, 0.5) is 0 Å². The van der Waals surface area contributed by atoms with Gasteiger partial charge in [-0.15, -0.1) is 0 Å². The lowest BCUT2D eigenvalue weighted by molar-refractivity contribution is -0.136. The first kappa shape index (κ1) is 13.9. The molecule has 0 N–H and O–H groups in total. The molecule has 6 heteroatoms. The molecule has 0 aromatic heterocycles. The molecule has 0 aliphatic heterocycles. The molecule has 0 spiro atoms. The topological polar surface area (TPSA) is 60.4 Å². The number of hydrogen-bond donors (Lipinski definition) is 0. The van der Waals surface area contributed by atoms with Crippen LogP contribution in [0, 0.1) is 11.3 Å². The number of esters is 1. The van der Waals surface area contributed by atoms with E-state index in [2.05, 4.69) is 6.58 Å². The molecule has 2 saturated carbocycles. The maximum atomic E-state index is 12.0. The van der Waals surface area contributed by atoms with Crippen LogP contribution in [0.25, 0.3) is 0 Å². The number of carbonyl (C=O) groups excluding carboxylic acids is 1. The average Bonchev–Trinajstić information content (AvgIpc) is 2.90. The van der Waals surface area contributed by atoms with Gasteiger partial charge in [0.1, 0.15) is 4.08 Å². The van der Waals surface area contributed by atoms with Crippen LogP contribution in [0.3, 0.4) is 0 Å². The first-order valence-corrected chi connectivity index (χ1v) is 8.86. The summed E-state index contributed by atoms with van der Waals surface area (Å²) < 4.78 is 27.9. The molecular weight excluding hydrogens is 272 g/mol. The van der Waals surface area contributed by atoms with E-state index in [1.807, 2.05) is 0 Å². The summed E-state index contributed by atoms with van der Waals surface area (Å²) in [4.78, 5) is 11.6. The highest BCUT2D eigenvalue weighted by Crippen LogP contribution is 2.71. The van der Waals surface area contributed by atoms with Crippen LogP contribution in [0.15, 0.2) is 12.2 Å². The highest BCUT2D eigenvalue weighted by molar-refractivity contribution is 8.03. The van der Waals surface area contributed by atoms with Gasteiger partial charge >= 0.3 is 5.97 Å². The molecule has 0 heterocycles. The number of fused-ring (bicyclic) bond motifs is 1. The third-order valence-electron chi connectivity index (χ3n) is 4.45. The van der Waals surface area contributed by atoms with E-state index in [1.54, 1.807) is 12.5 Å². The molecule has 0 aromatic rings. The van der Waals surface area contributed by atoms with Gasteiger partial charge in [-0.2, -0.15) is 0 Å². The first-order chi connectivity index (χ1) is 8.30. The van der Waals surface area contributed by atoms with E-state index in [0.717, 1.165) is 6.42 Å². The Labute approximate surface area is 112 Å². The van der Waals surface area contributed by atoms with E-state index in [1.165, 1.54) is 7.11 Å². The van der Waals surface area contributed by atoms with Gasteiger partial charge in [0.25, 0.3) is 0 Å². The third-order valence-corrected chi connectivity index (χ3v) is 8.58. The summed E-state index contributed by atoms with van der Waals surface area (Å²) in [6.45, 7) is 3.83. The minimum atomic E-state index is -1.17. The van der Waals surface area contributed by atoms with Gasteiger partial charge in [0.2, 0.25) is 0 Å². The number of methoxy groups -OCH3 is 1. The van der Waals surface area contributed by atoms with Crippen molar-refractivity contribution in [3.63, 3.8) is 0 Å². The van der Waals surface area contributed by atoms with E-state index in [0.29, 0.717) is 18.4 Å². The maximum Gasteiger partial charge on any atom is 0.333 e. The Morgan fingerprint density at radius 3 is 2.22 bits per heavy atom. The molecule has 0 amide bonds. The van der Waals surface area contributed by atoms with E-state index in [4.69, 9.17) is 4.74 Å². The summed E-state index contributed by atoms with van der Waals surface area (Å²) in [5.41, 5.74) is 0.137. The minimum Gasteiger partial charge on any atom is -0.466 e. The van der Waals surface area contributed by atoms with Crippen molar-refractivity contribution in [3.8, 4) is 0 Å². The van der Waals surface area contributed by atoms with Crippen molar-refractivity contribution in [2.75, 3.05) is 19.6 Å². The van der Waals surface area contributed by atoms with Gasteiger partial charge in [0.05, 0.1) is 7.11 Å². The van der Waals surface area contributed by atoms with Crippen LogP contribution >= 0.6 is 0 Å². The second-order valence-electron chi connectivity index (χ2n) is 5.23. The largest absolute Gasteiger partial charge is 0.466 e. The van der Waals surface area contributed by atoms with Crippen molar-refractivity contribution >= 4 is 27.6 Å². The number of hydrogen-bond acceptors (Lipinski definition) is 4. The molecule has 2 fully saturated rings. The Kier molecular flexibility index (Phi) is 3.30. The maximum absolute atomic E-state index is 12.0. The second-order valence-corrected chi connectivity index (χ2v) is 8.87. The Bertz CT molecular complexity index is 457. The summed E-state index contributed by atoms with van der Waals surface area (Å²) in [5.74, 6) is -0.131. The summed E-state index contributed by atoms with van der Waals surface area (Å²) in [6.07, 6.45) is 5.23. The molecule has 0 saturated heterocycles. The SMILES string of the molecule is C=C(C(=O)OC)C12CC1CC(S(C)=O)(S(C)=O)C2. The molecule has 0 bridgehead atoms. The van der Waals surface area contributed by atoms with Crippen LogP contribution in [-0.4, -0.2) is 38.1 Å². The lowest BCUT2D eigenvalue weighted by Gasteiger charge is -2.27. The molecule has 0 radical (unpaired) electrons. The van der Waals surface area contributed by atoms with Crippen molar-refractivity contribution in [2.45, 2.75) is 23.3 Å². The number of carbonyl (C=O) groups is 1. The zero-order valence-corrected chi connectivity index (χ0v) is 12.5. The Morgan fingerprint density at radius 2 is 1.83 bits per heavy atom. The van der Waals surface area contributed by atoms with Gasteiger partial charge in [-0.3, -0.25) is 8.42 Å². The van der Waals surface area contributed by atoms with Gasteiger partial charge in [0.15, 0.2) is 0 Å². The lowest BCUT2D eigenvalue weighted by Crippen LogP contribution is -2.38. The quantitative estimate of drug-likeness (QED) is 0.572. The van der Waals surface area contributed by atoms with Gasteiger partial charge in [-0.25, -0.2) is 4.79 Å². The van der Waals surface area contributed by atoms with E-state index in [-0.39, 0.29) is 11.3 Å². The monoisotopic (exact) mass is 290 g/mol. The van der Waals surface area contributed by atoms with E-state index in [9.17, 15) is 13.2 Å². The van der Waals surface area contributed by atoms with Gasteiger partial charge in [-0.1, -0.05) is 6.58 Å². The van der Waals surface area contributed by atoms with Crippen molar-refractivity contribution in [3.05, 3.63) is 12.2 Å². The molecule has 4 nitrogen and oxygen atoms in total. The van der Waals surface area contributed by atoms with Gasteiger partial charge < -0.3 is 4.74 Å². The molecule has 0 aromatic carbocycles. The van der Waals surface area contributed by atoms with Crippen LogP contribution in [0.5, 0.6) is 0 Å².